The van der Waals surface area contributed by atoms with Crippen LogP contribution in [0.4, 0.5) is 24.7 Å². The Balaban J connectivity index is 1.67. The number of hydrogen-bond acceptors (Lipinski definition) is 6. The summed E-state index contributed by atoms with van der Waals surface area (Å²) in [5, 5.41) is 20.1. The van der Waals surface area contributed by atoms with E-state index in [-0.39, 0.29) is 35.5 Å². The van der Waals surface area contributed by atoms with Gasteiger partial charge in [0.05, 0.1) is 30.2 Å². The summed E-state index contributed by atoms with van der Waals surface area (Å²) in [6.07, 6.45) is -2.41. The summed E-state index contributed by atoms with van der Waals surface area (Å²) in [5.74, 6) is -0.0788. The fourth-order valence-electron chi connectivity index (χ4n) is 4.24. The molecule has 0 saturated carbocycles. The molecule has 1 aliphatic heterocycles. The summed E-state index contributed by atoms with van der Waals surface area (Å²) < 4.78 is 48.2. The Morgan fingerprint density at radius 1 is 1.23 bits per heavy atom. The predicted molar refractivity (Wildman–Crippen MR) is 125 cm³/mol. The molecule has 1 aliphatic rings. The molecule has 0 amide bonds. The number of rotatable bonds is 5. The van der Waals surface area contributed by atoms with E-state index in [1.807, 2.05) is 0 Å². The number of pyridine rings is 1. The Morgan fingerprint density at radius 3 is 2.57 bits per heavy atom. The number of alkyl halides is 3. The molecule has 35 heavy (non-hydrogen) atoms. The van der Waals surface area contributed by atoms with Crippen LogP contribution in [0.3, 0.4) is 0 Å². The molecule has 4 rings (SSSR count). The van der Waals surface area contributed by atoms with E-state index in [0.717, 1.165) is 0 Å². The lowest BCUT2D eigenvalue weighted by atomic mass is 9.96. The number of hydrogen-bond donors (Lipinski definition) is 3. The molecule has 1 saturated heterocycles. The lowest BCUT2D eigenvalue weighted by molar-refractivity contribution is -0.161. The number of anilines is 2. The maximum absolute atomic E-state index is 13.7. The van der Waals surface area contributed by atoms with E-state index in [4.69, 9.17) is 4.74 Å². The number of nitrogens with one attached hydrogen (secondary N) is 3. The van der Waals surface area contributed by atoms with Gasteiger partial charge in [0.15, 0.2) is 5.82 Å². The Labute approximate surface area is 200 Å². The number of H-pyrrole nitrogens is 1. The Kier molecular flexibility index (Phi) is 6.62. The molecule has 1 aromatic carbocycles. The zero-order valence-corrected chi connectivity index (χ0v) is 19.6. The summed E-state index contributed by atoms with van der Waals surface area (Å²) in [6, 6.07) is 7.61. The van der Waals surface area contributed by atoms with E-state index in [1.54, 1.807) is 31.5 Å². The summed E-state index contributed by atoms with van der Waals surface area (Å²) in [4.78, 5) is 15.3. The number of halogens is 3. The van der Waals surface area contributed by atoms with Gasteiger partial charge in [0.25, 0.3) is 5.56 Å². The molecule has 0 bridgehead atoms. The molecule has 3 heterocycles. The van der Waals surface area contributed by atoms with Gasteiger partial charge in [-0.3, -0.25) is 14.8 Å². The van der Waals surface area contributed by atoms with Crippen LogP contribution >= 0.6 is 0 Å². The topological polar surface area (TPSA) is 108 Å². The van der Waals surface area contributed by atoms with Crippen molar-refractivity contribution >= 4 is 22.4 Å². The van der Waals surface area contributed by atoms with Crippen molar-refractivity contribution in [3.63, 3.8) is 0 Å². The fourth-order valence-corrected chi connectivity index (χ4v) is 4.24. The minimum atomic E-state index is -4.47. The monoisotopic (exact) mass is 488 g/mol. The second-order valence-corrected chi connectivity index (χ2v) is 9.64. The van der Waals surface area contributed by atoms with Crippen LogP contribution in [-0.4, -0.2) is 39.7 Å². The molecule has 0 radical (unpaired) electrons. The number of nitrogens with zero attached hydrogens (tertiary/aromatic N) is 3. The van der Waals surface area contributed by atoms with Crippen LogP contribution in [0.2, 0.25) is 0 Å². The molecule has 3 aromatic rings. The Bertz CT molecular complexity index is 1280. The number of fused-ring (bicyclic) bond motifs is 1. The number of aromatic amines is 1. The second-order valence-electron chi connectivity index (χ2n) is 9.64. The van der Waals surface area contributed by atoms with Gasteiger partial charge in [0.2, 0.25) is 0 Å². The highest BCUT2D eigenvalue weighted by molar-refractivity contribution is 5.91. The second kappa shape index (κ2) is 9.36. The number of nitriles is 1. The van der Waals surface area contributed by atoms with Crippen LogP contribution in [0, 0.1) is 17.2 Å². The van der Waals surface area contributed by atoms with Crippen molar-refractivity contribution in [2.24, 2.45) is 5.92 Å². The lowest BCUT2D eigenvalue weighted by Gasteiger charge is -2.30. The molecule has 8 nitrogen and oxygen atoms in total. The van der Waals surface area contributed by atoms with Gasteiger partial charge in [0, 0.05) is 24.0 Å². The van der Waals surface area contributed by atoms with Gasteiger partial charge in [0.1, 0.15) is 11.4 Å². The zero-order chi connectivity index (χ0) is 25.4. The molecule has 3 unspecified atom stereocenters. The molecule has 11 heteroatoms. The van der Waals surface area contributed by atoms with Crippen molar-refractivity contribution in [2.75, 3.05) is 18.5 Å². The van der Waals surface area contributed by atoms with Crippen molar-refractivity contribution in [1.82, 2.24) is 20.1 Å². The first-order valence-corrected chi connectivity index (χ1v) is 11.3. The van der Waals surface area contributed by atoms with Crippen molar-refractivity contribution in [3.8, 4) is 6.07 Å². The van der Waals surface area contributed by atoms with E-state index < -0.39 is 17.8 Å². The third-order valence-electron chi connectivity index (χ3n) is 5.85. The molecule has 2 aromatic heterocycles. The van der Waals surface area contributed by atoms with E-state index in [1.165, 1.54) is 30.5 Å². The molecule has 0 aliphatic carbocycles. The standard InChI is InChI=1S/C24H27F3N6O2/c1-23(2,3)31-20(24(25,26)27)14-4-6-16(7-5-14)30-21-19-17(8-10-29-22(19)34)33(32-21)18-13-35-11-9-15(18)12-28/h4-8,10,15,18,20,31H,9,11,13H2,1-3H3,(H,29,34)(H,30,32). The number of aromatic nitrogens is 3. The van der Waals surface area contributed by atoms with Crippen LogP contribution in [0.5, 0.6) is 0 Å². The van der Waals surface area contributed by atoms with Crippen molar-refractivity contribution in [3.05, 3.63) is 52.4 Å². The lowest BCUT2D eigenvalue weighted by Crippen LogP contribution is -2.45. The summed E-state index contributed by atoms with van der Waals surface area (Å²) in [5.41, 5.74) is -0.0345. The van der Waals surface area contributed by atoms with Gasteiger partial charge in [-0.05, 0) is 51.0 Å². The van der Waals surface area contributed by atoms with Crippen LogP contribution in [0.1, 0.15) is 44.8 Å². The van der Waals surface area contributed by atoms with Crippen LogP contribution in [0.25, 0.3) is 10.9 Å². The average Bonchev–Trinajstić information content (AvgIpc) is 3.16. The normalized spacial score (nSPS) is 19.9. The van der Waals surface area contributed by atoms with Gasteiger partial charge < -0.3 is 15.0 Å². The van der Waals surface area contributed by atoms with Gasteiger partial charge in [-0.1, -0.05) is 12.1 Å². The summed E-state index contributed by atoms with van der Waals surface area (Å²) in [6.45, 7) is 5.79. The van der Waals surface area contributed by atoms with Gasteiger partial charge in [-0.2, -0.15) is 23.5 Å². The number of ether oxygens (including phenoxy) is 1. The third kappa shape index (κ3) is 5.33. The fraction of sp³-hybridized carbons (Fsp3) is 0.458. The highest BCUT2D eigenvalue weighted by Crippen LogP contribution is 2.36. The molecular formula is C24H27F3N6O2. The first-order chi connectivity index (χ1) is 16.5. The van der Waals surface area contributed by atoms with Crippen LogP contribution < -0.4 is 16.2 Å². The summed E-state index contributed by atoms with van der Waals surface area (Å²) >= 11 is 0. The van der Waals surface area contributed by atoms with Crippen molar-refractivity contribution < 1.29 is 17.9 Å². The molecule has 1 fully saturated rings. The van der Waals surface area contributed by atoms with Crippen molar-refractivity contribution in [1.29, 1.82) is 5.26 Å². The van der Waals surface area contributed by atoms with Crippen molar-refractivity contribution in [2.45, 2.75) is 51.0 Å². The first kappa shape index (κ1) is 24.8. The highest BCUT2D eigenvalue weighted by atomic mass is 19.4. The Morgan fingerprint density at radius 2 is 1.94 bits per heavy atom. The zero-order valence-electron chi connectivity index (χ0n) is 19.6. The van der Waals surface area contributed by atoms with Gasteiger partial charge in [-0.15, -0.1) is 0 Å². The van der Waals surface area contributed by atoms with E-state index in [2.05, 4.69) is 26.8 Å². The molecule has 0 spiro atoms. The van der Waals surface area contributed by atoms with E-state index >= 15 is 0 Å². The quantitative estimate of drug-likeness (QED) is 0.486. The summed E-state index contributed by atoms with van der Waals surface area (Å²) in [7, 11) is 0. The number of benzene rings is 1. The first-order valence-electron chi connectivity index (χ1n) is 11.3. The third-order valence-corrected chi connectivity index (χ3v) is 5.85. The van der Waals surface area contributed by atoms with Gasteiger partial charge in [-0.25, -0.2) is 0 Å². The smallest absolute Gasteiger partial charge is 0.379 e. The van der Waals surface area contributed by atoms with Gasteiger partial charge >= 0.3 is 6.18 Å². The minimum absolute atomic E-state index is 0.0717. The predicted octanol–water partition coefficient (Wildman–Crippen LogP) is 4.56. The maximum Gasteiger partial charge on any atom is 0.407 e. The van der Waals surface area contributed by atoms with Crippen LogP contribution in [-0.2, 0) is 4.74 Å². The average molecular weight is 489 g/mol. The largest absolute Gasteiger partial charge is 0.407 e. The van der Waals surface area contributed by atoms with Crippen LogP contribution in [0.15, 0.2) is 41.3 Å². The van der Waals surface area contributed by atoms with E-state index in [9.17, 15) is 23.2 Å². The molecule has 186 valence electrons. The molecule has 3 atom stereocenters. The SMILES string of the molecule is CC(C)(C)NC(c1ccc(Nc2nn(C3COCCC3C#N)c3cc[nH]c(=O)c23)cc1)C(F)(F)F. The highest BCUT2D eigenvalue weighted by Gasteiger charge is 2.42. The van der Waals surface area contributed by atoms with E-state index in [0.29, 0.717) is 29.6 Å². The Hall–Kier alpha value is -3.36. The molecular weight excluding hydrogens is 461 g/mol. The maximum atomic E-state index is 13.7. The molecule has 3 N–H and O–H groups in total. The minimum Gasteiger partial charge on any atom is -0.379 e.